The second-order valence-electron chi connectivity index (χ2n) is 38.5. The molecule has 631 valence electrons. The summed E-state index contributed by atoms with van der Waals surface area (Å²) in [6.45, 7) is 58.3. The first kappa shape index (κ1) is 105. The van der Waals surface area contributed by atoms with Crippen molar-refractivity contribution in [3.8, 4) is 0 Å². The Labute approximate surface area is 671 Å². The van der Waals surface area contributed by atoms with E-state index < -0.39 is 0 Å². The van der Waals surface area contributed by atoms with Crippen molar-refractivity contribution in [2.45, 2.75) is 583 Å². The zero-order valence-electron chi connectivity index (χ0n) is 78.2. The van der Waals surface area contributed by atoms with Gasteiger partial charge < -0.3 is 0 Å². The Bertz CT molecular complexity index is 1770. The molecule has 0 fully saturated rings. The van der Waals surface area contributed by atoms with Crippen molar-refractivity contribution in [1.29, 1.82) is 0 Å². The molecule has 0 aromatic carbocycles. The molecular weight excluding hydrogens is 1260 g/mol. The summed E-state index contributed by atoms with van der Waals surface area (Å²) >= 11 is 0. The Balaban J connectivity index is 12.7. The highest BCUT2D eigenvalue weighted by atomic mass is 14.8. The molecule has 0 aliphatic carbocycles. The summed E-state index contributed by atoms with van der Waals surface area (Å²) < 4.78 is 0. The van der Waals surface area contributed by atoms with Gasteiger partial charge in [-0.1, -0.05) is 505 Å². The molecule has 0 spiro atoms. The number of rotatable bonds is 82. The lowest BCUT2D eigenvalue weighted by Gasteiger charge is -2.75. The van der Waals surface area contributed by atoms with Crippen LogP contribution in [0, 0.1) is 92.7 Å². The fourth-order valence-electron chi connectivity index (χ4n) is 24.2. The predicted molar refractivity (Wildman–Crippen MR) is 486 cm³/mol. The van der Waals surface area contributed by atoms with Crippen LogP contribution in [-0.2, 0) is 0 Å². The van der Waals surface area contributed by atoms with Gasteiger partial charge in [0, 0.05) is 0 Å². The molecule has 14 unspecified atom stereocenters. The normalized spacial score (nSPS) is 17.6. The Kier molecular flexibility index (Phi) is 68.4. The summed E-state index contributed by atoms with van der Waals surface area (Å²) in [5.74, 6) is 10.9. The molecule has 0 saturated heterocycles. The third-order valence-corrected chi connectivity index (χ3v) is 29.7. The second-order valence-corrected chi connectivity index (χ2v) is 38.5. The van der Waals surface area contributed by atoms with E-state index in [0.29, 0.717) is 5.92 Å². The molecule has 14 atom stereocenters. The van der Waals surface area contributed by atoms with Gasteiger partial charge in [0.25, 0.3) is 0 Å². The summed E-state index contributed by atoms with van der Waals surface area (Å²) in [4.78, 5) is 0. The van der Waals surface area contributed by atoms with Crippen LogP contribution in [0.25, 0.3) is 0 Å². The minimum absolute atomic E-state index is 0.151. The van der Waals surface area contributed by atoms with Gasteiger partial charge in [0.05, 0.1) is 0 Å². The Morgan fingerprint density at radius 1 is 0.238 bits per heavy atom. The van der Waals surface area contributed by atoms with Gasteiger partial charge in [-0.05, 0) is 170 Å². The average molecular weight is 1470 g/mol. The lowest BCUT2D eigenvalue weighted by Crippen LogP contribution is -2.68. The molecule has 1 radical (unpaired) electrons. The van der Waals surface area contributed by atoms with E-state index in [-0.39, 0.29) is 21.7 Å². The van der Waals surface area contributed by atoms with E-state index in [9.17, 15) is 0 Å². The van der Waals surface area contributed by atoms with Crippen molar-refractivity contribution in [3.05, 3.63) is 5.92 Å². The van der Waals surface area contributed by atoms with Crippen LogP contribution in [0.3, 0.4) is 0 Å². The molecule has 0 saturated carbocycles. The molecular formula is C105H211. The van der Waals surface area contributed by atoms with Gasteiger partial charge in [-0.2, -0.15) is 0 Å². The molecule has 0 aromatic rings. The summed E-state index contributed by atoms with van der Waals surface area (Å²) in [5, 5.41) is 0. The first-order valence-electron chi connectivity index (χ1n) is 50.9. The molecule has 0 aliphatic heterocycles. The van der Waals surface area contributed by atoms with Crippen molar-refractivity contribution < 1.29 is 0 Å². The third kappa shape index (κ3) is 39.7. The fourth-order valence-corrected chi connectivity index (χ4v) is 24.2. The highest BCUT2D eigenvalue weighted by Crippen LogP contribution is 2.80. The summed E-state index contributed by atoms with van der Waals surface area (Å²) in [6, 6.07) is 0. The first-order valence-corrected chi connectivity index (χ1v) is 50.9. The van der Waals surface area contributed by atoms with Crippen LogP contribution >= 0.6 is 0 Å². The molecule has 105 heavy (non-hydrogen) atoms. The predicted octanol–water partition coefficient (Wildman–Crippen LogP) is 38.9. The average Bonchev–Trinajstić information content (AvgIpc) is 0.673. The molecule has 0 aliphatic rings. The zero-order chi connectivity index (χ0) is 78.3. The van der Waals surface area contributed by atoms with Gasteiger partial charge in [-0.15, -0.1) is 0 Å². The molecule has 0 heteroatoms. The largest absolute Gasteiger partial charge is 0.0654 e. The maximum absolute atomic E-state index is 3.18. The van der Waals surface area contributed by atoms with Gasteiger partial charge >= 0.3 is 0 Å². The van der Waals surface area contributed by atoms with E-state index in [0.717, 1.165) is 59.2 Å². The second kappa shape index (κ2) is 68.4. The van der Waals surface area contributed by atoms with Crippen LogP contribution in [0.4, 0.5) is 0 Å². The highest BCUT2D eigenvalue weighted by Gasteiger charge is 2.72. The van der Waals surface area contributed by atoms with Crippen molar-refractivity contribution in [1.82, 2.24) is 0 Å². The van der Waals surface area contributed by atoms with E-state index in [1.54, 1.807) is 25.7 Å². The molecule has 0 heterocycles. The van der Waals surface area contributed by atoms with Crippen molar-refractivity contribution in [3.63, 3.8) is 0 Å². The van der Waals surface area contributed by atoms with Crippen LogP contribution < -0.4 is 0 Å². The minimum Gasteiger partial charge on any atom is -0.0654 e. The minimum atomic E-state index is 0.151. The van der Waals surface area contributed by atoms with E-state index in [4.69, 9.17) is 0 Å². The maximum atomic E-state index is 3.18. The Morgan fingerprint density at radius 2 is 0.600 bits per heavy atom. The number of hydrogen-bond acceptors (Lipinski definition) is 0. The smallest absolute Gasteiger partial charge is 0.0145 e. The van der Waals surface area contributed by atoms with Crippen LogP contribution in [-0.4, -0.2) is 0 Å². The van der Waals surface area contributed by atoms with E-state index in [2.05, 4.69) is 158 Å². The molecule has 0 aromatic heterocycles. The lowest BCUT2D eigenvalue weighted by molar-refractivity contribution is -0.255. The van der Waals surface area contributed by atoms with Gasteiger partial charge in [0.1, 0.15) is 0 Å². The van der Waals surface area contributed by atoms with Crippen LogP contribution in [0.2, 0.25) is 0 Å². The maximum Gasteiger partial charge on any atom is -0.0145 e. The third-order valence-electron chi connectivity index (χ3n) is 29.7. The van der Waals surface area contributed by atoms with Crippen LogP contribution in [0.5, 0.6) is 0 Å². The lowest BCUT2D eigenvalue weighted by atomic mass is 9.29. The zero-order valence-corrected chi connectivity index (χ0v) is 78.2. The molecule has 0 N–H and O–H groups in total. The van der Waals surface area contributed by atoms with Gasteiger partial charge in [0.2, 0.25) is 0 Å². The van der Waals surface area contributed by atoms with E-state index in [1.807, 2.05) is 0 Å². The highest BCUT2D eigenvalue weighted by molar-refractivity contribution is 5.26. The summed E-state index contributed by atoms with van der Waals surface area (Å²) in [7, 11) is 0. The molecule has 0 nitrogen and oxygen atoms in total. The van der Waals surface area contributed by atoms with Gasteiger partial charge in [-0.3, -0.25) is 0 Å². The monoisotopic (exact) mass is 1470 g/mol. The van der Waals surface area contributed by atoms with Crippen molar-refractivity contribution >= 4 is 0 Å². The summed E-state index contributed by atoms with van der Waals surface area (Å²) in [6.07, 6.45) is 95.9. The molecule has 0 rings (SSSR count). The van der Waals surface area contributed by atoms with Crippen LogP contribution in [0.15, 0.2) is 0 Å². The number of hydrogen-bond donors (Lipinski definition) is 0. The Hall–Kier alpha value is 0. The first-order chi connectivity index (χ1) is 51.0. The topological polar surface area (TPSA) is 0 Å². The van der Waals surface area contributed by atoms with Crippen molar-refractivity contribution in [2.24, 2.45) is 86.8 Å². The van der Waals surface area contributed by atoms with E-state index >= 15 is 0 Å². The fraction of sp³-hybridized carbons (Fsp3) is 0.990. The quantitative estimate of drug-likeness (QED) is 0.0533. The standard InChI is InChI=1S/C105H211/c1-23-42-50-60-78-100(41-19)105(89-99(68-36-14)76-58-48-29-7,103(82-61-52-51-59-69-90(20)21,86-97(66-34-12)74-56-46-27-5)91(22)84-95(64-32-10)72-54-44-25-3)104(87-94(40-18)71-53-43-24-2,88-98(67-35-13)75-57-47-28-6)102(81-37-15,83-80-93(39-17)70-49-30-8)101(79-62-77-92(38-16)63-31-9)85-96(65-33-11)73-55-45-26-4/h90-100H,23-89H2,1-22H3. The van der Waals surface area contributed by atoms with Gasteiger partial charge in [-0.25, -0.2) is 0 Å². The SMILES string of the molecule is CCCCCCC(CC)C(CC(CCC)CCCCC)(C(CCCCCCC(C)C)(CC(CCC)CCCCC)C(C)CC(CCC)CCCCC)C(CC(CC)CCCCC)(CC(CCC)CCCCC)C(CCC)(CCC(CC)CCCC)[C](CCCC(CC)CCC)CC(CCC)CCCCC. The molecule has 0 amide bonds. The van der Waals surface area contributed by atoms with Gasteiger partial charge in [0.15, 0.2) is 0 Å². The van der Waals surface area contributed by atoms with Crippen molar-refractivity contribution in [2.75, 3.05) is 0 Å². The number of unbranched alkanes of at least 4 members (excludes halogenated alkanes) is 19. The van der Waals surface area contributed by atoms with Crippen LogP contribution in [0.1, 0.15) is 583 Å². The molecule has 0 bridgehead atoms. The Morgan fingerprint density at radius 3 is 1.07 bits per heavy atom. The van der Waals surface area contributed by atoms with E-state index in [1.165, 1.54) is 405 Å². The summed E-state index contributed by atoms with van der Waals surface area (Å²) in [5.41, 5.74) is 0.689.